The van der Waals surface area contributed by atoms with E-state index in [2.05, 4.69) is 14.3 Å². The fourth-order valence-electron chi connectivity index (χ4n) is 1.59. The minimum Gasteiger partial charge on any atom is -0.497 e. The number of carbonyl (C=O) groups excluding carboxylic acids is 1. The molecule has 1 amide bonds. The number of methoxy groups -OCH3 is 1. The number of aromatic amines is 1. The van der Waals surface area contributed by atoms with Crippen LogP contribution in [0.25, 0.3) is 11.0 Å². The number of amides is 1. The molecule has 1 N–H and O–H groups in total. The van der Waals surface area contributed by atoms with E-state index in [9.17, 15) is 9.00 Å². The van der Waals surface area contributed by atoms with E-state index in [4.69, 9.17) is 4.74 Å². The lowest BCUT2D eigenvalue weighted by Crippen LogP contribution is -2.21. The van der Waals surface area contributed by atoms with Crippen molar-refractivity contribution in [2.75, 3.05) is 33.2 Å². The standard InChI is InChI=1S/C13H18N4O3S2/c1-17(2)22(4,19)16-12(18)8-21-13-14-10-6-5-9(20-3)7-11(10)15-13/h5-7H,8H2,1-4H3,(H,14,15). The number of rotatable bonds is 5. The van der Waals surface area contributed by atoms with Crippen LogP contribution >= 0.6 is 11.8 Å². The molecule has 0 radical (unpaired) electrons. The van der Waals surface area contributed by atoms with Gasteiger partial charge in [0.1, 0.15) is 15.7 Å². The lowest BCUT2D eigenvalue weighted by atomic mass is 10.3. The normalized spacial score (nSPS) is 14.0. The second-order valence-electron chi connectivity index (χ2n) is 4.77. The molecule has 0 saturated heterocycles. The first-order valence-electron chi connectivity index (χ1n) is 6.41. The Balaban J connectivity index is 2.09. The number of ether oxygens (including phenoxy) is 1. The van der Waals surface area contributed by atoms with Crippen molar-refractivity contribution in [1.29, 1.82) is 0 Å². The van der Waals surface area contributed by atoms with Crippen LogP contribution < -0.4 is 4.74 Å². The third-order valence-corrected chi connectivity index (χ3v) is 5.70. The van der Waals surface area contributed by atoms with Crippen LogP contribution in [0, 0.1) is 0 Å². The Hall–Kier alpha value is -1.58. The van der Waals surface area contributed by atoms with E-state index in [1.54, 1.807) is 21.2 Å². The third kappa shape index (κ3) is 3.99. The summed E-state index contributed by atoms with van der Waals surface area (Å²) < 4.78 is 22.3. The van der Waals surface area contributed by atoms with Crippen LogP contribution in [0.1, 0.15) is 0 Å². The summed E-state index contributed by atoms with van der Waals surface area (Å²) in [5.41, 5.74) is 1.62. The Morgan fingerprint density at radius 3 is 2.86 bits per heavy atom. The van der Waals surface area contributed by atoms with E-state index in [1.165, 1.54) is 22.3 Å². The van der Waals surface area contributed by atoms with Gasteiger partial charge in [-0.3, -0.25) is 4.79 Å². The summed E-state index contributed by atoms with van der Waals surface area (Å²) in [6, 6.07) is 5.50. The molecule has 120 valence electrons. The molecule has 9 heteroatoms. The first-order chi connectivity index (χ1) is 10.3. The molecule has 0 bridgehead atoms. The number of hydrogen-bond acceptors (Lipinski definition) is 5. The van der Waals surface area contributed by atoms with Crippen LogP contribution in [-0.2, 0) is 14.7 Å². The van der Waals surface area contributed by atoms with Crippen LogP contribution in [0.5, 0.6) is 5.75 Å². The predicted octanol–water partition coefficient (Wildman–Crippen LogP) is 1.76. The Bertz CT molecular complexity index is 807. The Morgan fingerprint density at radius 1 is 1.50 bits per heavy atom. The fraction of sp³-hybridized carbons (Fsp3) is 0.385. The maximum atomic E-state index is 12.0. The molecule has 1 aromatic carbocycles. The largest absolute Gasteiger partial charge is 0.497 e. The average molecular weight is 342 g/mol. The summed E-state index contributed by atoms with van der Waals surface area (Å²) in [5, 5.41) is 0.610. The quantitative estimate of drug-likeness (QED) is 0.837. The number of fused-ring (bicyclic) bond motifs is 1. The first-order valence-corrected chi connectivity index (χ1v) is 9.27. The van der Waals surface area contributed by atoms with E-state index >= 15 is 0 Å². The molecule has 0 aliphatic carbocycles. The molecule has 1 heterocycles. The molecular weight excluding hydrogens is 324 g/mol. The van der Waals surface area contributed by atoms with Gasteiger partial charge in [-0.1, -0.05) is 11.8 Å². The monoisotopic (exact) mass is 342 g/mol. The van der Waals surface area contributed by atoms with Gasteiger partial charge >= 0.3 is 0 Å². The number of benzene rings is 1. The number of thioether (sulfide) groups is 1. The van der Waals surface area contributed by atoms with Crippen LogP contribution in [0.3, 0.4) is 0 Å². The molecule has 22 heavy (non-hydrogen) atoms. The van der Waals surface area contributed by atoms with Gasteiger partial charge in [-0.15, -0.1) is 4.36 Å². The Kier molecular flexibility index (Phi) is 5.09. The Labute approximate surface area is 133 Å². The topological polar surface area (TPSA) is 87.7 Å². The van der Waals surface area contributed by atoms with E-state index in [1.807, 2.05) is 18.2 Å². The van der Waals surface area contributed by atoms with Crippen molar-refractivity contribution in [2.24, 2.45) is 4.36 Å². The summed E-state index contributed by atoms with van der Waals surface area (Å²) in [6.45, 7) is 0. The van der Waals surface area contributed by atoms with Gasteiger partial charge < -0.3 is 9.72 Å². The SMILES string of the molecule is COc1ccc2nc(SCC(=O)N=S(C)(=O)N(C)C)[nH]c2c1. The second kappa shape index (κ2) is 6.67. The van der Waals surface area contributed by atoms with Crippen LogP contribution in [-0.4, -0.2) is 57.6 Å². The molecule has 7 nitrogen and oxygen atoms in total. The minimum absolute atomic E-state index is 0.0790. The molecule has 2 rings (SSSR count). The summed E-state index contributed by atoms with van der Waals surface area (Å²) >= 11 is 1.23. The molecule has 0 spiro atoms. The van der Waals surface area contributed by atoms with Gasteiger partial charge in [0.2, 0.25) is 0 Å². The van der Waals surface area contributed by atoms with Gasteiger partial charge in [-0.2, -0.15) is 0 Å². The number of aromatic nitrogens is 2. The first kappa shape index (κ1) is 16.8. The predicted molar refractivity (Wildman–Crippen MR) is 88.6 cm³/mol. The highest BCUT2D eigenvalue weighted by Crippen LogP contribution is 2.23. The Morgan fingerprint density at radius 2 is 2.23 bits per heavy atom. The van der Waals surface area contributed by atoms with Gasteiger partial charge in [-0.25, -0.2) is 13.5 Å². The maximum absolute atomic E-state index is 12.0. The smallest absolute Gasteiger partial charge is 0.265 e. The molecule has 0 saturated carbocycles. The average Bonchev–Trinajstić information content (AvgIpc) is 2.86. The molecule has 0 aliphatic rings. The maximum Gasteiger partial charge on any atom is 0.265 e. The van der Waals surface area contributed by atoms with Gasteiger partial charge in [-0.05, 0) is 12.1 Å². The molecular formula is C13H18N4O3S2. The van der Waals surface area contributed by atoms with E-state index in [0.29, 0.717) is 5.16 Å². The summed E-state index contributed by atoms with van der Waals surface area (Å²) in [5.74, 6) is 0.384. The zero-order chi connectivity index (χ0) is 16.3. The zero-order valence-electron chi connectivity index (χ0n) is 12.8. The number of nitrogens with zero attached hydrogens (tertiary/aromatic N) is 3. The summed E-state index contributed by atoms with van der Waals surface area (Å²) in [7, 11) is 2.21. The van der Waals surface area contributed by atoms with Crippen molar-refractivity contribution in [2.45, 2.75) is 5.16 Å². The highest BCUT2D eigenvalue weighted by Gasteiger charge is 2.11. The van der Waals surface area contributed by atoms with Crippen molar-refractivity contribution in [1.82, 2.24) is 14.3 Å². The molecule has 1 aromatic heterocycles. The number of hydrogen-bond donors (Lipinski definition) is 1. The van der Waals surface area contributed by atoms with E-state index in [0.717, 1.165) is 16.8 Å². The zero-order valence-corrected chi connectivity index (χ0v) is 14.5. The van der Waals surface area contributed by atoms with Gasteiger partial charge in [0, 0.05) is 26.4 Å². The van der Waals surface area contributed by atoms with Crippen molar-refractivity contribution in [3.63, 3.8) is 0 Å². The lowest BCUT2D eigenvalue weighted by Gasteiger charge is -2.10. The molecule has 2 aromatic rings. The van der Waals surface area contributed by atoms with Gasteiger partial charge in [0.15, 0.2) is 5.16 Å². The highest BCUT2D eigenvalue weighted by atomic mass is 32.2. The molecule has 0 aliphatic heterocycles. The molecule has 1 atom stereocenters. The number of nitrogens with one attached hydrogen (secondary N) is 1. The molecule has 1 unspecified atom stereocenters. The summed E-state index contributed by atoms with van der Waals surface area (Å²) in [6.07, 6.45) is 1.43. The van der Waals surface area contributed by atoms with Crippen molar-refractivity contribution >= 4 is 38.6 Å². The van der Waals surface area contributed by atoms with Crippen molar-refractivity contribution < 1.29 is 13.7 Å². The van der Waals surface area contributed by atoms with Crippen LogP contribution in [0.15, 0.2) is 27.7 Å². The highest BCUT2D eigenvalue weighted by molar-refractivity contribution is 7.99. The van der Waals surface area contributed by atoms with Crippen molar-refractivity contribution in [3.05, 3.63) is 18.2 Å². The second-order valence-corrected chi connectivity index (χ2v) is 8.18. The van der Waals surface area contributed by atoms with Gasteiger partial charge in [0.25, 0.3) is 5.91 Å². The van der Waals surface area contributed by atoms with Crippen LogP contribution in [0.4, 0.5) is 0 Å². The fourth-order valence-corrected chi connectivity index (χ4v) is 2.94. The third-order valence-electron chi connectivity index (χ3n) is 2.95. The van der Waals surface area contributed by atoms with Crippen LogP contribution in [0.2, 0.25) is 0 Å². The van der Waals surface area contributed by atoms with Crippen molar-refractivity contribution in [3.8, 4) is 5.75 Å². The minimum atomic E-state index is -2.64. The summed E-state index contributed by atoms with van der Waals surface area (Å²) in [4.78, 5) is 19.3. The van der Waals surface area contributed by atoms with E-state index in [-0.39, 0.29) is 5.75 Å². The number of carbonyl (C=O) groups is 1. The number of H-pyrrole nitrogens is 1. The lowest BCUT2D eigenvalue weighted by molar-refractivity contribution is -0.115. The molecule has 0 fully saturated rings. The number of imidazole rings is 1. The van der Waals surface area contributed by atoms with E-state index < -0.39 is 15.8 Å². The van der Waals surface area contributed by atoms with Gasteiger partial charge in [0.05, 0.1) is 23.9 Å².